The Kier molecular flexibility index (Phi) is 5.27. The minimum Gasteiger partial charge on any atom is -0.326 e. The van der Waals surface area contributed by atoms with Crippen LogP contribution in [0, 0.1) is 20.8 Å². The first-order chi connectivity index (χ1) is 13.2. The average Bonchev–Trinajstić information content (AvgIpc) is 2.91. The maximum Gasteiger partial charge on any atom is 0.416 e. The van der Waals surface area contributed by atoms with Crippen LogP contribution in [0.3, 0.4) is 0 Å². The maximum atomic E-state index is 13.1. The molecule has 1 aromatic heterocycles. The number of hydrogen-bond acceptors (Lipinski definition) is 2. The lowest BCUT2D eigenvalue weighted by Gasteiger charge is -2.13. The molecule has 28 heavy (non-hydrogen) atoms. The van der Waals surface area contributed by atoms with Crippen molar-refractivity contribution in [1.29, 1.82) is 0 Å². The molecule has 1 N–H and O–H groups in total. The first-order valence-corrected chi connectivity index (χ1v) is 8.75. The molecule has 4 nitrogen and oxygen atoms in total. The van der Waals surface area contributed by atoms with Crippen LogP contribution < -0.4 is 5.32 Å². The van der Waals surface area contributed by atoms with Crippen molar-refractivity contribution in [2.75, 3.05) is 5.32 Å². The van der Waals surface area contributed by atoms with Crippen molar-refractivity contribution in [1.82, 2.24) is 9.78 Å². The van der Waals surface area contributed by atoms with E-state index in [0.717, 1.165) is 23.0 Å². The minimum absolute atomic E-state index is 0.0275. The topological polar surface area (TPSA) is 46.9 Å². The third-order valence-electron chi connectivity index (χ3n) is 4.61. The molecular formula is C21H20F3N3O. The van der Waals surface area contributed by atoms with E-state index in [-0.39, 0.29) is 17.7 Å². The van der Waals surface area contributed by atoms with Gasteiger partial charge in [0.15, 0.2) is 0 Å². The molecule has 0 aliphatic heterocycles. The molecular weight excluding hydrogens is 367 g/mol. The molecule has 0 atom stereocenters. The van der Waals surface area contributed by atoms with Crippen molar-refractivity contribution in [2.45, 2.75) is 33.4 Å². The molecule has 146 valence electrons. The van der Waals surface area contributed by atoms with Gasteiger partial charge >= 0.3 is 6.18 Å². The van der Waals surface area contributed by atoms with Crippen LogP contribution in [0.5, 0.6) is 0 Å². The fraction of sp³-hybridized carbons (Fsp3) is 0.238. The Morgan fingerprint density at radius 3 is 2.39 bits per heavy atom. The van der Waals surface area contributed by atoms with Crippen LogP contribution in [0.15, 0.2) is 48.5 Å². The van der Waals surface area contributed by atoms with Gasteiger partial charge in [0, 0.05) is 16.9 Å². The number of amides is 1. The first kappa shape index (κ1) is 19.7. The maximum absolute atomic E-state index is 13.1. The van der Waals surface area contributed by atoms with Gasteiger partial charge in [-0.1, -0.05) is 24.3 Å². The SMILES string of the molecule is Cc1ccc(NC(=O)Cc2c(C)nn(-c3ccccc3)c2C)cc1C(F)(F)F. The number of carbonyl (C=O) groups is 1. The highest BCUT2D eigenvalue weighted by molar-refractivity contribution is 5.92. The summed E-state index contributed by atoms with van der Waals surface area (Å²) in [4.78, 5) is 12.4. The third-order valence-corrected chi connectivity index (χ3v) is 4.61. The Hall–Kier alpha value is -3.09. The van der Waals surface area contributed by atoms with Crippen molar-refractivity contribution in [3.63, 3.8) is 0 Å². The standard InChI is InChI=1S/C21H20F3N3O/c1-13-9-10-16(11-19(13)21(22,23)24)25-20(28)12-18-14(2)26-27(15(18)3)17-7-5-4-6-8-17/h4-11H,12H2,1-3H3,(H,25,28). The van der Waals surface area contributed by atoms with Crippen LogP contribution in [0.4, 0.5) is 18.9 Å². The number of rotatable bonds is 4. The van der Waals surface area contributed by atoms with Gasteiger partial charge in [-0.25, -0.2) is 4.68 Å². The third kappa shape index (κ3) is 4.08. The summed E-state index contributed by atoms with van der Waals surface area (Å²) in [5.74, 6) is -0.393. The number of benzene rings is 2. The van der Waals surface area contributed by atoms with Gasteiger partial charge in [0.25, 0.3) is 0 Å². The zero-order valence-corrected chi connectivity index (χ0v) is 15.8. The number of carbonyl (C=O) groups excluding carboxylic acids is 1. The number of nitrogens with one attached hydrogen (secondary N) is 1. The minimum atomic E-state index is -4.46. The van der Waals surface area contributed by atoms with Crippen molar-refractivity contribution < 1.29 is 18.0 Å². The number of hydrogen-bond donors (Lipinski definition) is 1. The van der Waals surface area contributed by atoms with Crippen LogP contribution in [-0.2, 0) is 17.4 Å². The summed E-state index contributed by atoms with van der Waals surface area (Å²) in [6, 6.07) is 13.3. The molecule has 0 aliphatic rings. The molecule has 0 fully saturated rings. The molecule has 3 rings (SSSR count). The first-order valence-electron chi connectivity index (χ1n) is 8.75. The lowest BCUT2D eigenvalue weighted by atomic mass is 10.1. The van der Waals surface area contributed by atoms with Crippen LogP contribution in [0.25, 0.3) is 5.69 Å². The Morgan fingerprint density at radius 1 is 1.07 bits per heavy atom. The molecule has 2 aromatic carbocycles. The van der Waals surface area contributed by atoms with Crippen molar-refractivity contribution in [3.8, 4) is 5.69 Å². The van der Waals surface area contributed by atoms with Crippen LogP contribution in [-0.4, -0.2) is 15.7 Å². The summed E-state index contributed by atoms with van der Waals surface area (Å²) in [5.41, 5.74) is 2.63. The van der Waals surface area contributed by atoms with Gasteiger partial charge in [-0.3, -0.25) is 4.79 Å². The highest BCUT2D eigenvalue weighted by atomic mass is 19.4. The summed E-state index contributed by atoms with van der Waals surface area (Å²) in [6.45, 7) is 5.06. The summed E-state index contributed by atoms with van der Waals surface area (Å²) in [7, 11) is 0. The molecule has 1 amide bonds. The lowest BCUT2D eigenvalue weighted by molar-refractivity contribution is -0.138. The molecule has 0 unspecified atom stereocenters. The monoisotopic (exact) mass is 387 g/mol. The number of nitrogens with zero attached hydrogens (tertiary/aromatic N) is 2. The summed E-state index contributed by atoms with van der Waals surface area (Å²) in [5, 5.41) is 7.04. The molecule has 0 radical (unpaired) electrons. The fourth-order valence-electron chi connectivity index (χ4n) is 3.12. The highest BCUT2D eigenvalue weighted by Crippen LogP contribution is 2.33. The zero-order chi connectivity index (χ0) is 20.5. The molecule has 7 heteroatoms. The lowest BCUT2D eigenvalue weighted by Crippen LogP contribution is -2.16. The van der Waals surface area contributed by atoms with E-state index >= 15 is 0 Å². The number of aromatic nitrogens is 2. The number of para-hydroxylation sites is 1. The van der Waals surface area contributed by atoms with Gasteiger partial charge in [-0.05, 0) is 50.6 Å². The predicted molar refractivity (Wildman–Crippen MR) is 102 cm³/mol. The molecule has 1 heterocycles. The van der Waals surface area contributed by atoms with Gasteiger partial charge in [0.05, 0.1) is 23.4 Å². The van der Waals surface area contributed by atoms with E-state index in [1.54, 1.807) is 4.68 Å². The van der Waals surface area contributed by atoms with Crippen molar-refractivity contribution in [2.24, 2.45) is 0 Å². The fourth-order valence-corrected chi connectivity index (χ4v) is 3.12. The summed E-state index contributed by atoms with van der Waals surface area (Å²) in [6.07, 6.45) is -4.44. The van der Waals surface area contributed by atoms with Gasteiger partial charge < -0.3 is 5.32 Å². The molecule has 0 saturated heterocycles. The van der Waals surface area contributed by atoms with E-state index < -0.39 is 17.6 Å². The van der Waals surface area contributed by atoms with Crippen LogP contribution in [0.1, 0.15) is 28.1 Å². The van der Waals surface area contributed by atoms with E-state index in [2.05, 4.69) is 10.4 Å². The smallest absolute Gasteiger partial charge is 0.326 e. The van der Waals surface area contributed by atoms with E-state index in [4.69, 9.17) is 0 Å². The van der Waals surface area contributed by atoms with Gasteiger partial charge in [-0.15, -0.1) is 0 Å². The molecule has 3 aromatic rings. The molecule has 0 saturated carbocycles. The second-order valence-corrected chi connectivity index (χ2v) is 6.65. The van der Waals surface area contributed by atoms with Crippen LogP contribution >= 0.6 is 0 Å². The number of aryl methyl sites for hydroxylation is 2. The normalized spacial score (nSPS) is 11.5. The number of alkyl halides is 3. The second-order valence-electron chi connectivity index (χ2n) is 6.65. The van der Waals surface area contributed by atoms with Crippen molar-refractivity contribution in [3.05, 3.63) is 76.6 Å². The second kappa shape index (κ2) is 7.50. The predicted octanol–water partition coefficient (Wildman–Crippen LogP) is 5.00. The van der Waals surface area contributed by atoms with E-state index in [1.165, 1.54) is 19.1 Å². The van der Waals surface area contributed by atoms with E-state index in [0.29, 0.717) is 5.69 Å². The summed E-state index contributed by atoms with van der Waals surface area (Å²) >= 11 is 0. The number of halogens is 3. The van der Waals surface area contributed by atoms with E-state index in [1.807, 2.05) is 44.2 Å². The Bertz CT molecular complexity index is 1010. The number of anilines is 1. The van der Waals surface area contributed by atoms with E-state index in [9.17, 15) is 18.0 Å². The Morgan fingerprint density at radius 2 is 1.75 bits per heavy atom. The molecule has 0 bridgehead atoms. The Labute approximate surface area is 161 Å². The Balaban J connectivity index is 1.80. The zero-order valence-electron chi connectivity index (χ0n) is 15.8. The average molecular weight is 387 g/mol. The van der Waals surface area contributed by atoms with Crippen molar-refractivity contribution >= 4 is 11.6 Å². The largest absolute Gasteiger partial charge is 0.416 e. The van der Waals surface area contributed by atoms with Gasteiger partial charge in [0.2, 0.25) is 5.91 Å². The van der Waals surface area contributed by atoms with Gasteiger partial charge in [0.1, 0.15) is 0 Å². The highest BCUT2D eigenvalue weighted by Gasteiger charge is 2.32. The quantitative estimate of drug-likeness (QED) is 0.685. The van der Waals surface area contributed by atoms with Gasteiger partial charge in [-0.2, -0.15) is 18.3 Å². The molecule has 0 spiro atoms. The van der Waals surface area contributed by atoms with Crippen LogP contribution in [0.2, 0.25) is 0 Å². The molecule has 0 aliphatic carbocycles. The summed E-state index contributed by atoms with van der Waals surface area (Å²) < 4.78 is 40.9.